The van der Waals surface area contributed by atoms with Gasteiger partial charge in [-0.2, -0.15) is 0 Å². The van der Waals surface area contributed by atoms with Crippen LogP contribution in [0.2, 0.25) is 5.02 Å². The number of amides is 2. The Kier molecular flexibility index (Phi) is 5.15. The van der Waals surface area contributed by atoms with E-state index in [1.165, 1.54) is 20.3 Å². The zero-order valence-electron chi connectivity index (χ0n) is 12.1. The zero-order chi connectivity index (χ0) is 16.3. The van der Waals surface area contributed by atoms with E-state index in [9.17, 15) is 9.59 Å². The summed E-state index contributed by atoms with van der Waals surface area (Å²) >= 11 is 7.01. The summed E-state index contributed by atoms with van der Waals surface area (Å²) in [7, 11) is 2.99. The summed E-state index contributed by atoms with van der Waals surface area (Å²) in [5, 5.41) is 0.0427. The zero-order valence-corrected chi connectivity index (χ0v) is 13.7. The summed E-state index contributed by atoms with van der Waals surface area (Å²) in [4.78, 5) is 25.4. The number of carbonyl (C=O) groups is 2. The molecule has 7 heteroatoms. The number of thioether (sulfide) groups is 1. The molecule has 0 bridgehead atoms. The minimum atomic E-state index is -0.346. The first-order valence-electron chi connectivity index (χ1n) is 6.29. The molecule has 0 unspecified atom stereocenters. The molecule has 0 aromatic heterocycles. The average molecular weight is 340 g/mol. The molecule has 116 valence electrons. The van der Waals surface area contributed by atoms with Gasteiger partial charge >= 0.3 is 0 Å². The van der Waals surface area contributed by atoms with Crippen molar-refractivity contribution in [3.8, 4) is 11.5 Å². The lowest BCUT2D eigenvalue weighted by atomic mass is 10.2. The van der Waals surface area contributed by atoms with Crippen molar-refractivity contribution in [3.05, 3.63) is 40.3 Å². The number of rotatable bonds is 5. The van der Waals surface area contributed by atoms with E-state index in [2.05, 4.69) is 6.58 Å². The Morgan fingerprint density at radius 1 is 1.32 bits per heavy atom. The van der Waals surface area contributed by atoms with E-state index in [1.54, 1.807) is 18.2 Å². The van der Waals surface area contributed by atoms with Crippen LogP contribution in [0.1, 0.15) is 5.56 Å². The molecule has 1 aromatic rings. The second-order valence-corrected chi connectivity index (χ2v) is 5.72. The van der Waals surface area contributed by atoms with Gasteiger partial charge in [0.15, 0.2) is 11.5 Å². The largest absolute Gasteiger partial charge is 0.493 e. The van der Waals surface area contributed by atoms with Crippen LogP contribution in [0.25, 0.3) is 6.08 Å². The minimum Gasteiger partial charge on any atom is -0.493 e. The number of imide groups is 1. The molecular weight excluding hydrogens is 326 g/mol. The van der Waals surface area contributed by atoms with Gasteiger partial charge in [0.05, 0.1) is 24.1 Å². The molecule has 0 N–H and O–H groups in total. The molecule has 0 spiro atoms. The highest BCUT2D eigenvalue weighted by Crippen LogP contribution is 2.38. The SMILES string of the molecule is C=CCN1C(=O)SC(=Cc2cc(Cl)c(OC)c(OC)c2)C1=O. The molecule has 22 heavy (non-hydrogen) atoms. The maximum Gasteiger partial charge on any atom is 0.293 e. The van der Waals surface area contributed by atoms with Crippen LogP contribution >= 0.6 is 23.4 Å². The summed E-state index contributed by atoms with van der Waals surface area (Å²) in [5.41, 5.74) is 0.645. The molecule has 1 fully saturated rings. The molecule has 5 nitrogen and oxygen atoms in total. The van der Waals surface area contributed by atoms with Crippen molar-refractivity contribution in [3.63, 3.8) is 0 Å². The molecule has 2 amide bonds. The average Bonchev–Trinajstić information content (AvgIpc) is 2.74. The fraction of sp³-hybridized carbons (Fsp3) is 0.200. The Hall–Kier alpha value is -1.92. The van der Waals surface area contributed by atoms with Gasteiger partial charge in [0.2, 0.25) is 0 Å². The third-order valence-electron chi connectivity index (χ3n) is 2.94. The van der Waals surface area contributed by atoms with E-state index in [0.29, 0.717) is 27.0 Å². The van der Waals surface area contributed by atoms with Crippen molar-refractivity contribution in [2.45, 2.75) is 0 Å². The summed E-state index contributed by atoms with van der Waals surface area (Å²) in [5.74, 6) is 0.522. The molecule has 0 radical (unpaired) electrons. The first-order valence-corrected chi connectivity index (χ1v) is 7.49. The Morgan fingerprint density at radius 3 is 2.64 bits per heavy atom. The van der Waals surface area contributed by atoms with Gasteiger partial charge in [-0.05, 0) is 35.5 Å². The van der Waals surface area contributed by atoms with Gasteiger partial charge in [0.1, 0.15) is 0 Å². The number of halogens is 1. The van der Waals surface area contributed by atoms with Crippen LogP contribution in [0.15, 0.2) is 29.7 Å². The van der Waals surface area contributed by atoms with Crippen molar-refractivity contribution in [1.82, 2.24) is 4.90 Å². The van der Waals surface area contributed by atoms with Gasteiger partial charge in [-0.25, -0.2) is 0 Å². The molecule has 1 saturated heterocycles. The van der Waals surface area contributed by atoms with E-state index < -0.39 is 0 Å². The molecule has 1 aliphatic rings. The fourth-order valence-corrected chi connectivity index (χ4v) is 3.10. The van der Waals surface area contributed by atoms with Crippen molar-refractivity contribution in [1.29, 1.82) is 0 Å². The van der Waals surface area contributed by atoms with Crippen LogP contribution in [0.3, 0.4) is 0 Å². The van der Waals surface area contributed by atoms with Crippen LogP contribution in [0, 0.1) is 0 Å². The first kappa shape index (κ1) is 16.5. The molecular formula is C15H14ClNO4S. The van der Waals surface area contributed by atoms with Crippen LogP contribution in [0.5, 0.6) is 11.5 Å². The van der Waals surface area contributed by atoms with E-state index in [1.807, 2.05) is 0 Å². The fourth-order valence-electron chi connectivity index (χ4n) is 1.96. The van der Waals surface area contributed by atoms with Crippen molar-refractivity contribution >= 4 is 40.6 Å². The molecule has 2 rings (SSSR count). The van der Waals surface area contributed by atoms with Crippen LogP contribution in [0.4, 0.5) is 4.79 Å². The minimum absolute atomic E-state index is 0.189. The van der Waals surface area contributed by atoms with E-state index in [4.69, 9.17) is 21.1 Å². The Bertz CT molecular complexity index is 672. The Labute approximate surface area is 137 Å². The van der Waals surface area contributed by atoms with Crippen LogP contribution < -0.4 is 9.47 Å². The van der Waals surface area contributed by atoms with E-state index in [-0.39, 0.29) is 17.7 Å². The van der Waals surface area contributed by atoms with Gasteiger partial charge in [0.25, 0.3) is 11.1 Å². The highest BCUT2D eigenvalue weighted by Gasteiger charge is 2.34. The molecule has 0 atom stereocenters. The van der Waals surface area contributed by atoms with Crippen molar-refractivity contribution < 1.29 is 19.1 Å². The summed E-state index contributed by atoms with van der Waals surface area (Å²) < 4.78 is 10.4. The van der Waals surface area contributed by atoms with Gasteiger partial charge < -0.3 is 9.47 Å². The number of benzene rings is 1. The summed E-state index contributed by atoms with van der Waals surface area (Å²) in [6.07, 6.45) is 3.11. The lowest BCUT2D eigenvalue weighted by Crippen LogP contribution is -2.27. The highest BCUT2D eigenvalue weighted by atomic mass is 35.5. The van der Waals surface area contributed by atoms with Crippen LogP contribution in [-0.2, 0) is 4.79 Å². The topological polar surface area (TPSA) is 55.8 Å². The molecule has 1 heterocycles. The monoisotopic (exact) mass is 339 g/mol. The first-order chi connectivity index (χ1) is 10.5. The Morgan fingerprint density at radius 2 is 2.05 bits per heavy atom. The smallest absolute Gasteiger partial charge is 0.293 e. The Balaban J connectivity index is 2.38. The number of hydrogen-bond donors (Lipinski definition) is 0. The van der Waals surface area contributed by atoms with Gasteiger partial charge in [-0.3, -0.25) is 14.5 Å². The molecule has 1 aromatic carbocycles. The maximum absolute atomic E-state index is 12.2. The van der Waals surface area contributed by atoms with Gasteiger partial charge in [-0.15, -0.1) is 6.58 Å². The maximum atomic E-state index is 12.2. The molecule has 0 aliphatic carbocycles. The van der Waals surface area contributed by atoms with E-state index >= 15 is 0 Å². The van der Waals surface area contributed by atoms with E-state index in [0.717, 1.165) is 16.7 Å². The normalized spacial score (nSPS) is 16.3. The van der Waals surface area contributed by atoms with Gasteiger partial charge in [-0.1, -0.05) is 17.7 Å². The number of ether oxygens (including phenoxy) is 2. The third-order valence-corrected chi connectivity index (χ3v) is 4.13. The number of methoxy groups -OCH3 is 2. The second kappa shape index (κ2) is 6.89. The van der Waals surface area contributed by atoms with Crippen molar-refractivity contribution in [2.75, 3.05) is 20.8 Å². The number of hydrogen-bond acceptors (Lipinski definition) is 5. The number of carbonyl (C=O) groups excluding carboxylic acids is 2. The standard InChI is InChI=1S/C15H14ClNO4S/c1-4-5-17-14(18)12(22-15(17)19)8-9-6-10(16)13(21-3)11(7-9)20-2/h4,6-8H,1,5H2,2-3H3. The molecule has 1 aliphatic heterocycles. The van der Waals surface area contributed by atoms with Gasteiger partial charge in [0, 0.05) is 6.54 Å². The lowest BCUT2D eigenvalue weighted by molar-refractivity contribution is -0.122. The number of nitrogens with zero attached hydrogens (tertiary/aromatic N) is 1. The predicted octanol–water partition coefficient (Wildman–Crippen LogP) is 3.58. The van der Waals surface area contributed by atoms with Crippen molar-refractivity contribution in [2.24, 2.45) is 0 Å². The predicted molar refractivity (Wildman–Crippen MR) is 87.4 cm³/mol. The second-order valence-electron chi connectivity index (χ2n) is 4.32. The quantitative estimate of drug-likeness (QED) is 0.606. The summed E-state index contributed by atoms with van der Waals surface area (Å²) in [6, 6.07) is 3.33. The lowest BCUT2D eigenvalue weighted by Gasteiger charge is -2.10. The molecule has 0 saturated carbocycles. The highest BCUT2D eigenvalue weighted by molar-refractivity contribution is 8.18. The third kappa shape index (κ3) is 3.13. The summed E-state index contributed by atoms with van der Waals surface area (Å²) in [6.45, 7) is 3.72. The van der Waals surface area contributed by atoms with Crippen LogP contribution in [-0.4, -0.2) is 36.8 Å².